The van der Waals surface area contributed by atoms with Crippen LogP contribution in [0.4, 0.5) is 0 Å². The van der Waals surface area contributed by atoms with E-state index in [1.165, 1.54) is 30.0 Å². The van der Waals surface area contributed by atoms with Gasteiger partial charge >= 0.3 is 0 Å². The van der Waals surface area contributed by atoms with Crippen molar-refractivity contribution >= 4 is 5.91 Å². The predicted molar refractivity (Wildman–Crippen MR) is 89.3 cm³/mol. The Labute approximate surface area is 145 Å². The van der Waals surface area contributed by atoms with Crippen molar-refractivity contribution in [3.8, 4) is 5.75 Å². The van der Waals surface area contributed by atoms with E-state index in [9.17, 15) is 9.90 Å². The number of carbonyl (C=O) groups is 1. The lowest BCUT2D eigenvalue weighted by Crippen LogP contribution is -2.34. The summed E-state index contributed by atoms with van der Waals surface area (Å²) in [7, 11) is 0. The molecule has 0 saturated heterocycles. The minimum atomic E-state index is -0.998. The number of ether oxygens (including phenoxy) is 1. The molecule has 1 aliphatic rings. The van der Waals surface area contributed by atoms with Crippen molar-refractivity contribution < 1.29 is 24.3 Å². The number of benzene rings is 1. The highest BCUT2D eigenvalue weighted by atomic mass is 16.5. The van der Waals surface area contributed by atoms with Crippen LogP contribution in [0.3, 0.4) is 0 Å². The van der Waals surface area contributed by atoms with Crippen molar-refractivity contribution in [2.45, 2.75) is 38.4 Å². The number of hydrogen-bond acceptors (Lipinski definition) is 6. The van der Waals surface area contributed by atoms with Crippen molar-refractivity contribution in [2.24, 2.45) is 0 Å². The molecule has 1 aromatic heterocycles. The van der Waals surface area contributed by atoms with E-state index in [4.69, 9.17) is 14.4 Å². The summed E-state index contributed by atoms with van der Waals surface area (Å²) in [5.74, 6) is 0.732. The Hall–Kier alpha value is -2.38. The molecular weight excluding hydrogens is 324 g/mol. The Morgan fingerprint density at radius 1 is 1.28 bits per heavy atom. The Kier molecular flexibility index (Phi) is 5.67. The van der Waals surface area contributed by atoms with Crippen LogP contribution in [0, 0.1) is 0 Å². The van der Waals surface area contributed by atoms with Crippen molar-refractivity contribution in [2.75, 3.05) is 13.2 Å². The summed E-state index contributed by atoms with van der Waals surface area (Å²) in [6, 6.07) is 7.62. The van der Waals surface area contributed by atoms with E-state index in [1.54, 1.807) is 0 Å². The Morgan fingerprint density at radius 2 is 2.08 bits per heavy atom. The first kappa shape index (κ1) is 17.4. The second-order valence-electron chi connectivity index (χ2n) is 6.15. The zero-order valence-electron chi connectivity index (χ0n) is 13.9. The molecule has 1 aromatic carbocycles. The normalized spacial score (nSPS) is 14.6. The molecule has 0 fully saturated rings. The van der Waals surface area contributed by atoms with E-state index in [0.29, 0.717) is 5.76 Å². The molecule has 0 spiro atoms. The molecular formula is C18H22N2O5. The zero-order valence-corrected chi connectivity index (χ0v) is 13.9. The number of hydrogen-bond donors (Lipinski definition) is 3. The van der Waals surface area contributed by atoms with Crippen LogP contribution in [-0.2, 0) is 19.4 Å². The van der Waals surface area contributed by atoms with Gasteiger partial charge in [-0.25, -0.2) is 0 Å². The van der Waals surface area contributed by atoms with Crippen molar-refractivity contribution in [1.82, 2.24) is 10.5 Å². The minimum absolute atomic E-state index is 0.0524. The van der Waals surface area contributed by atoms with Crippen LogP contribution in [0.25, 0.3) is 0 Å². The lowest BCUT2D eigenvalue weighted by Gasteiger charge is -2.16. The lowest BCUT2D eigenvalue weighted by molar-refractivity contribution is 0.0796. The standard InChI is InChI=1S/C18H22N2O5/c21-10-14(22)9-19-18(23)17-8-16(25-20-17)11-24-15-6-5-12-3-1-2-4-13(12)7-15/h5-8,14,21-22H,1-4,9-11H2,(H,19,23)/t14-/m1/s1. The molecule has 0 bridgehead atoms. The number of aliphatic hydroxyl groups is 2. The number of aryl methyl sites for hydroxylation is 2. The van der Waals surface area contributed by atoms with E-state index in [1.807, 2.05) is 6.07 Å². The molecule has 0 saturated carbocycles. The summed E-state index contributed by atoms with van der Waals surface area (Å²) in [4.78, 5) is 11.8. The summed E-state index contributed by atoms with van der Waals surface area (Å²) >= 11 is 0. The number of carbonyl (C=O) groups excluding carboxylic acids is 1. The van der Waals surface area contributed by atoms with Crippen molar-refractivity contribution in [3.05, 3.63) is 46.8 Å². The van der Waals surface area contributed by atoms with Gasteiger partial charge in [0.05, 0.1) is 12.7 Å². The molecule has 1 heterocycles. The quantitative estimate of drug-likeness (QED) is 0.696. The van der Waals surface area contributed by atoms with E-state index in [0.717, 1.165) is 18.6 Å². The molecule has 3 rings (SSSR count). The maximum absolute atomic E-state index is 11.8. The first-order valence-electron chi connectivity index (χ1n) is 8.43. The smallest absolute Gasteiger partial charge is 0.273 e. The second-order valence-corrected chi connectivity index (χ2v) is 6.15. The van der Waals surface area contributed by atoms with Gasteiger partial charge in [-0.15, -0.1) is 0 Å². The summed E-state index contributed by atoms with van der Waals surface area (Å²) in [5, 5.41) is 24.1. The molecule has 0 radical (unpaired) electrons. The van der Waals surface area contributed by atoms with Gasteiger partial charge in [-0.2, -0.15) is 0 Å². The number of nitrogens with zero attached hydrogens (tertiary/aromatic N) is 1. The van der Waals surface area contributed by atoms with Gasteiger partial charge in [0.15, 0.2) is 11.5 Å². The molecule has 25 heavy (non-hydrogen) atoms. The number of aromatic nitrogens is 1. The fourth-order valence-corrected chi connectivity index (χ4v) is 2.81. The van der Waals surface area contributed by atoms with Crippen LogP contribution in [0.2, 0.25) is 0 Å². The maximum Gasteiger partial charge on any atom is 0.273 e. The molecule has 3 N–H and O–H groups in total. The van der Waals surface area contributed by atoms with Crippen LogP contribution in [0.5, 0.6) is 5.75 Å². The van der Waals surface area contributed by atoms with Gasteiger partial charge in [0.2, 0.25) is 0 Å². The van der Waals surface area contributed by atoms with E-state index < -0.39 is 18.6 Å². The molecule has 0 aliphatic heterocycles. The Bertz CT molecular complexity index is 728. The average molecular weight is 346 g/mol. The molecule has 1 atom stereocenters. The topological polar surface area (TPSA) is 105 Å². The van der Waals surface area contributed by atoms with Crippen LogP contribution in [-0.4, -0.2) is 40.5 Å². The molecule has 1 amide bonds. The van der Waals surface area contributed by atoms with E-state index in [-0.39, 0.29) is 18.8 Å². The average Bonchev–Trinajstić information content (AvgIpc) is 3.13. The van der Waals surface area contributed by atoms with Crippen LogP contribution < -0.4 is 10.1 Å². The number of aliphatic hydroxyl groups excluding tert-OH is 2. The maximum atomic E-state index is 11.8. The minimum Gasteiger partial charge on any atom is -0.486 e. The van der Waals surface area contributed by atoms with Crippen molar-refractivity contribution in [1.29, 1.82) is 0 Å². The van der Waals surface area contributed by atoms with Gasteiger partial charge in [0.1, 0.15) is 12.4 Å². The summed E-state index contributed by atoms with van der Waals surface area (Å²) in [5.41, 5.74) is 2.83. The van der Waals surface area contributed by atoms with Crippen LogP contribution >= 0.6 is 0 Å². The first-order valence-corrected chi connectivity index (χ1v) is 8.43. The Morgan fingerprint density at radius 3 is 2.88 bits per heavy atom. The van der Waals surface area contributed by atoms with Crippen LogP contribution in [0.15, 0.2) is 28.8 Å². The molecule has 0 unspecified atom stereocenters. The fourth-order valence-electron chi connectivity index (χ4n) is 2.81. The van der Waals surface area contributed by atoms with E-state index in [2.05, 4.69) is 22.6 Å². The highest BCUT2D eigenvalue weighted by Gasteiger charge is 2.15. The van der Waals surface area contributed by atoms with Gasteiger partial charge < -0.3 is 24.8 Å². The first-order chi connectivity index (χ1) is 12.2. The van der Waals surface area contributed by atoms with Crippen molar-refractivity contribution in [3.63, 3.8) is 0 Å². The summed E-state index contributed by atoms with van der Waals surface area (Å²) in [6.45, 7) is -0.291. The van der Waals surface area contributed by atoms with E-state index >= 15 is 0 Å². The van der Waals surface area contributed by atoms with Gasteiger partial charge in [0, 0.05) is 12.6 Å². The number of fused-ring (bicyclic) bond motifs is 1. The molecule has 1 aliphatic carbocycles. The second kappa shape index (κ2) is 8.13. The summed E-state index contributed by atoms with van der Waals surface area (Å²) in [6.07, 6.45) is 3.66. The monoisotopic (exact) mass is 346 g/mol. The third kappa shape index (κ3) is 4.58. The highest BCUT2D eigenvalue weighted by molar-refractivity contribution is 5.92. The summed E-state index contributed by atoms with van der Waals surface area (Å²) < 4.78 is 10.8. The van der Waals surface area contributed by atoms with Gasteiger partial charge in [-0.3, -0.25) is 4.79 Å². The van der Waals surface area contributed by atoms with Crippen LogP contribution in [0.1, 0.15) is 40.2 Å². The number of rotatable bonds is 7. The highest BCUT2D eigenvalue weighted by Crippen LogP contribution is 2.25. The van der Waals surface area contributed by atoms with Gasteiger partial charge in [0.25, 0.3) is 5.91 Å². The number of nitrogens with one attached hydrogen (secondary N) is 1. The van der Waals surface area contributed by atoms with Gasteiger partial charge in [-0.05, 0) is 48.9 Å². The number of amides is 1. The Balaban J connectivity index is 1.54. The molecule has 7 nitrogen and oxygen atoms in total. The molecule has 134 valence electrons. The predicted octanol–water partition coefficient (Wildman–Crippen LogP) is 1.22. The largest absolute Gasteiger partial charge is 0.486 e. The van der Waals surface area contributed by atoms with Gasteiger partial charge in [-0.1, -0.05) is 11.2 Å². The third-order valence-corrected chi connectivity index (χ3v) is 4.20. The third-order valence-electron chi connectivity index (χ3n) is 4.20. The fraction of sp³-hybridized carbons (Fsp3) is 0.444. The zero-order chi connectivity index (χ0) is 17.6. The lowest BCUT2D eigenvalue weighted by atomic mass is 9.92. The molecule has 7 heteroatoms. The molecule has 2 aromatic rings. The SMILES string of the molecule is O=C(NC[C@@H](O)CO)c1cc(COc2ccc3c(c2)CCCC3)on1.